The topological polar surface area (TPSA) is 73.6 Å². The number of carbonyl (C=O) groups is 1. The van der Waals surface area contributed by atoms with Gasteiger partial charge in [-0.25, -0.2) is 0 Å². The van der Waals surface area contributed by atoms with E-state index in [1.807, 2.05) is 31.2 Å². The van der Waals surface area contributed by atoms with Gasteiger partial charge in [-0.2, -0.15) is 0 Å². The molecule has 5 nitrogen and oxygen atoms in total. The maximum absolute atomic E-state index is 11.6. The fourth-order valence-electron chi connectivity index (χ4n) is 1.45. The first-order valence-electron chi connectivity index (χ1n) is 6.50. The second-order valence-electron chi connectivity index (χ2n) is 4.11. The predicted octanol–water partition coefficient (Wildman–Crippen LogP) is 1.53. The van der Waals surface area contributed by atoms with Crippen LogP contribution in [0.4, 0.5) is 5.69 Å². The number of anilines is 1. The van der Waals surface area contributed by atoms with Gasteiger partial charge in [-0.3, -0.25) is 4.79 Å². The second kappa shape index (κ2) is 9.49. The third-order valence-electron chi connectivity index (χ3n) is 2.43. The van der Waals surface area contributed by atoms with Crippen molar-refractivity contribution in [3.63, 3.8) is 0 Å². The van der Waals surface area contributed by atoms with Crippen molar-refractivity contribution in [2.45, 2.75) is 19.9 Å². The monoisotopic (exact) mass is 266 g/mol. The van der Waals surface area contributed by atoms with Gasteiger partial charge in [-0.15, -0.1) is 0 Å². The number of amides is 1. The van der Waals surface area contributed by atoms with Gasteiger partial charge in [0.05, 0.1) is 13.2 Å². The third-order valence-corrected chi connectivity index (χ3v) is 2.43. The summed E-state index contributed by atoms with van der Waals surface area (Å²) in [4.78, 5) is 11.6. The van der Waals surface area contributed by atoms with Gasteiger partial charge < -0.3 is 20.5 Å². The number of hydrogen-bond donors (Lipinski definition) is 2. The molecule has 0 bridgehead atoms. The largest absolute Gasteiger partial charge is 0.379 e. The van der Waals surface area contributed by atoms with Crippen LogP contribution < -0.4 is 11.1 Å². The van der Waals surface area contributed by atoms with Crippen LogP contribution in [-0.4, -0.2) is 32.3 Å². The highest BCUT2D eigenvalue weighted by Gasteiger charge is 2.02. The third kappa shape index (κ3) is 6.91. The van der Waals surface area contributed by atoms with Crippen molar-refractivity contribution in [3.8, 4) is 0 Å². The lowest BCUT2D eigenvalue weighted by atomic mass is 10.2. The Morgan fingerprint density at radius 2 is 1.84 bits per heavy atom. The summed E-state index contributed by atoms with van der Waals surface area (Å²) in [6.45, 7) is 4.25. The lowest BCUT2D eigenvalue weighted by Crippen LogP contribution is -2.19. The molecule has 1 aromatic carbocycles. The summed E-state index contributed by atoms with van der Waals surface area (Å²) in [5.41, 5.74) is 7.27. The van der Waals surface area contributed by atoms with Crippen molar-refractivity contribution in [2.75, 3.05) is 31.7 Å². The molecule has 0 saturated heterocycles. The van der Waals surface area contributed by atoms with Gasteiger partial charge in [0, 0.05) is 18.8 Å². The Morgan fingerprint density at radius 3 is 2.47 bits per heavy atom. The minimum Gasteiger partial charge on any atom is -0.379 e. The number of ether oxygens (including phenoxy) is 2. The van der Waals surface area contributed by atoms with Gasteiger partial charge >= 0.3 is 0 Å². The average Bonchev–Trinajstić information content (AvgIpc) is 2.43. The zero-order valence-electron chi connectivity index (χ0n) is 11.4. The number of hydrogen-bond acceptors (Lipinski definition) is 4. The number of nitrogens with one attached hydrogen (secondary N) is 1. The summed E-state index contributed by atoms with van der Waals surface area (Å²) in [5.74, 6) is -0.170. The molecule has 0 fully saturated rings. The first-order chi connectivity index (χ1) is 9.26. The van der Waals surface area contributed by atoms with Gasteiger partial charge in [0.15, 0.2) is 0 Å². The Balaban J connectivity index is 2.16. The van der Waals surface area contributed by atoms with Crippen LogP contribution in [0.5, 0.6) is 0 Å². The first kappa shape index (κ1) is 15.6. The van der Waals surface area contributed by atoms with Crippen LogP contribution in [0.2, 0.25) is 0 Å². The Morgan fingerprint density at radius 1 is 1.16 bits per heavy atom. The summed E-state index contributed by atoms with van der Waals surface area (Å²) < 4.78 is 10.4. The second-order valence-corrected chi connectivity index (χ2v) is 4.11. The van der Waals surface area contributed by atoms with Gasteiger partial charge in [-0.05, 0) is 24.1 Å². The highest BCUT2D eigenvalue weighted by atomic mass is 16.5. The lowest BCUT2D eigenvalue weighted by Gasteiger charge is -2.07. The number of carbonyl (C=O) groups excluding carboxylic acids is 1. The zero-order chi connectivity index (χ0) is 13.9. The molecule has 19 heavy (non-hydrogen) atoms. The summed E-state index contributed by atoms with van der Waals surface area (Å²) >= 11 is 0. The van der Waals surface area contributed by atoms with Gasteiger partial charge in [0.2, 0.25) is 5.91 Å². The fourth-order valence-corrected chi connectivity index (χ4v) is 1.45. The fraction of sp³-hybridized carbons (Fsp3) is 0.500. The molecule has 1 rings (SSSR count). The minimum atomic E-state index is -0.170. The molecule has 0 aromatic heterocycles. The maximum Gasteiger partial charge on any atom is 0.250 e. The molecule has 0 aliphatic heterocycles. The van der Waals surface area contributed by atoms with Crippen LogP contribution in [0.25, 0.3) is 0 Å². The summed E-state index contributed by atoms with van der Waals surface area (Å²) in [6, 6.07) is 7.42. The highest BCUT2D eigenvalue weighted by Crippen LogP contribution is 2.08. The van der Waals surface area contributed by atoms with Crippen LogP contribution >= 0.6 is 0 Å². The van der Waals surface area contributed by atoms with E-state index in [2.05, 4.69) is 5.32 Å². The summed E-state index contributed by atoms with van der Waals surface area (Å²) in [5, 5.41) is 2.75. The summed E-state index contributed by atoms with van der Waals surface area (Å²) in [6.07, 6.45) is 0.985. The van der Waals surface area contributed by atoms with Crippen LogP contribution in [-0.2, 0) is 20.8 Å². The molecule has 0 unspecified atom stereocenters. The molecule has 1 amide bonds. The van der Waals surface area contributed by atoms with Crippen molar-refractivity contribution in [2.24, 2.45) is 5.73 Å². The van der Waals surface area contributed by atoms with Crippen molar-refractivity contribution in [1.29, 1.82) is 0 Å². The van der Waals surface area contributed by atoms with E-state index in [0.717, 1.165) is 24.3 Å². The van der Waals surface area contributed by atoms with Crippen LogP contribution in [0, 0.1) is 0 Å². The predicted molar refractivity (Wildman–Crippen MR) is 74.9 cm³/mol. The molecular weight excluding hydrogens is 244 g/mol. The van der Waals surface area contributed by atoms with Crippen LogP contribution in [0.15, 0.2) is 24.3 Å². The molecule has 0 saturated carbocycles. The normalized spacial score (nSPS) is 10.4. The molecule has 3 N–H and O–H groups in total. The highest BCUT2D eigenvalue weighted by molar-refractivity contribution is 5.91. The molecule has 5 heteroatoms. The summed E-state index contributed by atoms with van der Waals surface area (Å²) in [7, 11) is 0. The average molecular weight is 266 g/mol. The zero-order valence-corrected chi connectivity index (χ0v) is 11.4. The molecule has 1 aromatic rings. The van der Waals surface area contributed by atoms with E-state index in [1.165, 1.54) is 0 Å². The van der Waals surface area contributed by atoms with E-state index in [1.54, 1.807) is 0 Å². The van der Waals surface area contributed by atoms with E-state index in [9.17, 15) is 4.79 Å². The first-order valence-corrected chi connectivity index (χ1v) is 6.50. The molecule has 0 radical (unpaired) electrons. The Bertz CT molecular complexity index is 365. The lowest BCUT2D eigenvalue weighted by molar-refractivity contribution is -0.121. The number of benzene rings is 1. The molecule has 0 aliphatic carbocycles. The molecule has 0 heterocycles. The standard InChI is InChI=1S/C14H22N2O3/c1-2-7-18-8-9-19-11-14(17)16-13-5-3-12(10-15)4-6-13/h3-6H,2,7-11,15H2,1H3,(H,16,17). The molecule has 0 spiro atoms. The van der Waals surface area contributed by atoms with E-state index < -0.39 is 0 Å². The number of nitrogens with two attached hydrogens (primary N) is 1. The van der Waals surface area contributed by atoms with E-state index in [0.29, 0.717) is 19.8 Å². The van der Waals surface area contributed by atoms with E-state index in [-0.39, 0.29) is 12.5 Å². The van der Waals surface area contributed by atoms with Crippen LogP contribution in [0.3, 0.4) is 0 Å². The van der Waals surface area contributed by atoms with Crippen molar-refractivity contribution < 1.29 is 14.3 Å². The Kier molecular flexibility index (Phi) is 7.81. The smallest absolute Gasteiger partial charge is 0.250 e. The quantitative estimate of drug-likeness (QED) is 0.665. The molecule has 106 valence electrons. The van der Waals surface area contributed by atoms with Gasteiger partial charge in [0.25, 0.3) is 0 Å². The maximum atomic E-state index is 11.6. The molecule has 0 atom stereocenters. The SMILES string of the molecule is CCCOCCOCC(=O)Nc1ccc(CN)cc1. The van der Waals surface area contributed by atoms with E-state index in [4.69, 9.17) is 15.2 Å². The van der Waals surface area contributed by atoms with Gasteiger partial charge in [0.1, 0.15) is 6.61 Å². The minimum absolute atomic E-state index is 0.0358. The number of rotatable bonds is 9. The van der Waals surface area contributed by atoms with Crippen molar-refractivity contribution >= 4 is 11.6 Å². The van der Waals surface area contributed by atoms with Crippen molar-refractivity contribution in [1.82, 2.24) is 0 Å². The molecule has 0 aliphatic rings. The Labute approximate surface area is 114 Å². The van der Waals surface area contributed by atoms with Crippen molar-refractivity contribution in [3.05, 3.63) is 29.8 Å². The van der Waals surface area contributed by atoms with E-state index >= 15 is 0 Å². The Hall–Kier alpha value is -1.43. The molecular formula is C14H22N2O3. The van der Waals surface area contributed by atoms with Gasteiger partial charge in [-0.1, -0.05) is 19.1 Å². The van der Waals surface area contributed by atoms with Crippen LogP contribution in [0.1, 0.15) is 18.9 Å².